The molecule has 9 heteroatoms. The van der Waals surface area contributed by atoms with E-state index in [2.05, 4.69) is 21.2 Å². The summed E-state index contributed by atoms with van der Waals surface area (Å²) in [5.74, 6) is -1.14. The van der Waals surface area contributed by atoms with Crippen molar-refractivity contribution in [3.8, 4) is 0 Å². The molecule has 0 unspecified atom stereocenters. The van der Waals surface area contributed by atoms with Gasteiger partial charge in [0, 0.05) is 30.4 Å². The summed E-state index contributed by atoms with van der Waals surface area (Å²) in [5, 5.41) is 11.4. The van der Waals surface area contributed by atoms with Crippen LogP contribution in [0.4, 0.5) is 0 Å². The van der Waals surface area contributed by atoms with E-state index in [1.807, 2.05) is 24.3 Å². The first kappa shape index (κ1) is 22.6. The van der Waals surface area contributed by atoms with Gasteiger partial charge in [0.15, 0.2) is 0 Å². The van der Waals surface area contributed by atoms with Crippen molar-refractivity contribution in [1.29, 1.82) is 0 Å². The molecule has 0 atom stereocenters. The molecule has 150 valence electrons. The third-order valence-corrected chi connectivity index (χ3v) is 5.84. The molecule has 0 radical (unpaired) electrons. The monoisotopic (exact) mass is 484 g/mol. The highest BCUT2D eigenvalue weighted by molar-refractivity contribution is 9.10. The Morgan fingerprint density at radius 3 is 2.75 bits per heavy atom. The molecule has 0 saturated carbocycles. The number of nitrogens with one attached hydrogen (secondary N) is 1. The van der Waals surface area contributed by atoms with Crippen molar-refractivity contribution < 1.29 is 19.5 Å². The predicted molar refractivity (Wildman–Crippen MR) is 118 cm³/mol. The molecule has 0 aliphatic carbocycles. The van der Waals surface area contributed by atoms with Crippen molar-refractivity contribution in [1.82, 2.24) is 10.2 Å². The second-order valence-corrected chi connectivity index (χ2v) is 8.78. The van der Waals surface area contributed by atoms with Crippen LogP contribution >= 0.6 is 39.9 Å². The van der Waals surface area contributed by atoms with Crippen LogP contribution in [0.3, 0.4) is 0 Å². The molecule has 1 aliphatic rings. The van der Waals surface area contributed by atoms with E-state index in [1.165, 1.54) is 16.7 Å². The van der Waals surface area contributed by atoms with E-state index in [0.29, 0.717) is 22.2 Å². The lowest BCUT2D eigenvalue weighted by Crippen LogP contribution is -2.33. The number of carbonyl (C=O) groups is 3. The van der Waals surface area contributed by atoms with Crippen molar-refractivity contribution in [2.24, 2.45) is 0 Å². The molecule has 2 N–H and O–H groups in total. The summed E-state index contributed by atoms with van der Waals surface area (Å²) in [7, 11) is 0. The summed E-state index contributed by atoms with van der Waals surface area (Å²) in [6.45, 7) is 0.741. The van der Waals surface area contributed by atoms with Crippen LogP contribution in [0.25, 0.3) is 6.08 Å². The van der Waals surface area contributed by atoms with Gasteiger partial charge in [0.05, 0.1) is 4.91 Å². The maximum absolute atomic E-state index is 12.6. The number of hydrogen-bond acceptors (Lipinski definition) is 5. The standard InChI is InChI=1S/C19H21BrN2O4S2/c20-14-6-4-5-13(11-14)12-15-18(26)22(19(27)28-15)10-8-16(23)21-9-3-1-2-7-17(24)25/h4-6,11-12H,1-3,7-10H2,(H,21,23)(H,24,25)/b15-12-. The van der Waals surface area contributed by atoms with Gasteiger partial charge in [0.1, 0.15) is 4.32 Å². The van der Waals surface area contributed by atoms with Gasteiger partial charge in [-0.3, -0.25) is 19.3 Å². The number of thioether (sulfide) groups is 1. The topological polar surface area (TPSA) is 86.7 Å². The van der Waals surface area contributed by atoms with Gasteiger partial charge in [-0.25, -0.2) is 0 Å². The average molecular weight is 485 g/mol. The number of benzene rings is 1. The number of rotatable bonds is 10. The van der Waals surface area contributed by atoms with Gasteiger partial charge in [-0.05, 0) is 36.6 Å². The van der Waals surface area contributed by atoms with Crippen molar-refractivity contribution in [2.45, 2.75) is 32.1 Å². The first-order chi connectivity index (χ1) is 13.4. The lowest BCUT2D eigenvalue weighted by atomic mass is 10.2. The Labute approximate surface area is 181 Å². The van der Waals surface area contributed by atoms with Crippen LogP contribution in [0.2, 0.25) is 0 Å². The Morgan fingerprint density at radius 1 is 1.25 bits per heavy atom. The van der Waals surface area contributed by atoms with Gasteiger partial charge in [0.2, 0.25) is 5.91 Å². The Hall–Kier alpha value is -1.71. The van der Waals surface area contributed by atoms with Crippen LogP contribution in [0.15, 0.2) is 33.6 Å². The summed E-state index contributed by atoms with van der Waals surface area (Å²) in [5.41, 5.74) is 0.899. The lowest BCUT2D eigenvalue weighted by Gasteiger charge is -2.14. The fourth-order valence-electron chi connectivity index (χ4n) is 2.55. The number of amides is 2. The second kappa shape index (κ2) is 11.3. The molecule has 28 heavy (non-hydrogen) atoms. The SMILES string of the molecule is O=C(O)CCCCCNC(=O)CCN1C(=O)/C(=C/c2cccc(Br)c2)SC1=S. The predicted octanol–water partition coefficient (Wildman–Crippen LogP) is 3.80. The Kier molecular flexibility index (Phi) is 9.14. The van der Waals surface area contributed by atoms with Gasteiger partial charge < -0.3 is 10.4 Å². The highest BCUT2D eigenvalue weighted by atomic mass is 79.9. The van der Waals surface area contributed by atoms with Crippen LogP contribution in [0.1, 0.15) is 37.7 Å². The van der Waals surface area contributed by atoms with Crippen molar-refractivity contribution in [2.75, 3.05) is 13.1 Å². The van der Waals surface area contributed by atoms with Gasteiger partial charge in [-0.15, -0.1) is 0 Å². The molecular weight excluding hydrogens is 464 g/mol. The quantitative estimate of drug-likeness (QED) is 0.298. The number of carboxylic acid groups (broad SMARTS) is 1. The molecule has 1 aliphatic heterocycles. The third kappa shape index (κ3) is 7.37. The minimum Gasteiger partial charge on any atom is -0.481 e. The van der Waals surface area contributed by atoms with Crippen molar-refractivity contribution in [3.63, 3.8) is 0 Å². The van der Waals surface area contributed by atoms with Crippen LogP contribution in [0.5, 0.6) is 0 Å². The Morgan fingerprint density at radius 2 is 2.04 bits per heavy atom. The molecule has 0 aromatic heterocycles. The smallest absolute Gasteiger partial charge is 0.303 e. The molecule has 1 heterocycles. The molecule has 2 rings (SSSR count). The van der Waals surface area contributed by atoms with Crippen molar-refractivity contribution >= 4 is 68.1 Å². The van der Waals surface area contributed by atoms with Crippen LogP contribution in [-0.4, -0.2) is 45.2 Å². The summed E-state index contributed by atoms with van der Waals surface area (Å²) in [4.78, 5) is 36.9. The molecule has 1 aromatic rings. The number of halogens is 1. The molecule has 1 fully saturated rings. The number of nitrogens with zero attached hydrogens (tertiary/aromatic N) is 1. The van der Waals surface area contributed by atoms with E-state index in [-0.39, 0.29) is 31.2 Å². The number of hydrogen-bond donors (Lipinski definition) is 2. The minimum absolute atomic E-state index is 0.149. The largest absolute Gasteiger partial charge is 0.481 e. The molecule has 0 spiro atoms. The van der Waals surface area contributed by atoms with Gasteiger partial charge >= 0.3 is 5.97 Å². The molecule has 1 saturated heterocycles. The number of aliphatic carboxylic acids is 1. The molecule has 6 nitrogen and oxygen atoms in total. The average Bonchev–Trinajstić information content (AvgIpc) is 2.89. The van der Waals surface area contributed by atoms with Gasteiger partial charge in [0.25, 0.3) is 5.91 Å². The van der Waals surface area contributed by atoms with E-state index < -0.39 is 5.97 Å². The second-order valence-electron chi connectivity index (χ2n) is 6.19. The molecule has 0 bridgehead atoms. The first-order valence-corrected chi connectivity index (χ1v) is 10.9. The summed E-state index contributed by atoms with van der Waals surface area (Å²) in [6.07, 6.45) is 4.20. The van der Waals surface area contributed by atoms with E-state index in [0.717, 1.165) is 22.9 Å². The zero-order valence-corrected chi connectivity index (χ0v) is 18.4. The van der Waals surface area contributed by atoms with E-state index in [9.17, 15) is 14.4 Å². The summed E-state index contributed by atoms with van der Waals surface area (Å²) < 4.78 is 1.38. The maximum Gasteiger partial charge on any atom is 0.303 e. The van der Waals surface area contributed by atoms with E-state index in [4.69, 9.17) is 17.3 Å². The summed E-state index contributed by atoms with van der Waals surface area (Å²) >= 11 is 9.92. The number of thiocarbonyl (C=S) groups is 1. The lowest BCUT2D eigenvalue weighted by molar-refractivity contribution is -0.137. The summed E-state index contributed by atoms with van der Waals surface area (Å²) in [6, 6.07) is 7.62. The van der Waals surface area contributed by atoms with E-state index in [1.54, 1.807) is 6.08 Å². The first-order valence-electron chi connectivity index (χ1n) is 8.86. The van der Waals surface area contributed by atoms with Crippen LogP contribution < -0.4 is 5.32 Å². The third-order valence-electron chi connectivity index (χ3n) is 3.97. The fraction of sp³-hybridized carbons (Fsp3) is 0.368. The van der Waals surface area contributed by atoms with Crippen LogP contribution in [-0.2, 0) is 14.4 Å². The van der Waals surface area contributed by atoms with Crippen LogP contribution in [0, 0.1) is 0 Å². The fourth-order valence-corrected chi connectivity index (χ4v) is 4.27. The Balaban J connectivity index is 1.76. The normalized spacial score (nSPS) is 15.3. The van der Waals surface area contributed by atoms with Gasteiger partial charge in [-0.2, -0.15) is 0 Å². The number of unbranched alkanes of at least 4 members (excludes halogenated alkanes) is 2. The van der Waals surface area contributed by atoms with Crippen molar-refractivity contribution in [3.05, 3.63) is 39.2 Å². The number of carboxylic acids is 1. The van der Waals surface area contributed by atoms with Gasteiger partial charge in [-0.1, -0.05) is 58.5 Å². The Bertz CT molecular complexity index is 798. The molecular formula is C19H21BrN2O4S2. The maximum atomic E-state index is 12.6. The number of carbonyl (C=O) groups excluding carboxylic acids is 2. The molecule has 1 aromatic carbocycles. The minimum atomic E-state index is -0.804. The molecule has 2 amide bonds. The highest BCUT2D eigenvalue weighted by Crippen LogP contribution is 2.32. The highest BCUT2D eigenvalue weighted by Gasteiger charge is 2.32. The zero-order valence-electron chi connectivity index (χ0n) is 15.2. The van der Waals surface area contributed by atoms with E-state index >= 15 is 0 Å². The zero-order chi connectivity index (χ0) is 20.5.